The van der Waals surface area contributed by atoms with Crippen LogP contribution in [0.4, 0.5) is 13.2 Å². The van der Waals surface area contributed by atoms with Crippen LogP contribution in [0.3, 0.4) is 0 Å². The third-order valence-corrected chi connectivity index (χ3v) is 5.84. The summed E-state index contributed by atoms with van der Waals surface area (Å²) < 4.78 is 57.7. The summed E-state index contributed by atoms with van der Waals surface area (Å²) in [6, 6.07) is 3.96. The van der Waals surface area contributed by atoms with Gasteiger partial charge in [-0.15, -0.1) is 0 Å². The molecule has 31 heavy (non-hydrogen) atoms. The summed E-state index contributed by atoms with van der Waals surface area (Å²) in [5, 5.41) is 3.12. The average Bonchev–Trinajstić information content (AvgIpc) is 3.35. The van der Waals surface area contributed by atoms with Crippen molar-refractivity contribution in [2.45, 2.75) is 45.1 Å². The average molecular weight is 438 g/mol. The molecule has 2 fully saturated rings. The summed E-state index contributed by atoms with van der Waals surface area (Å²) in [6.45, 7) is 5.15. The van der Waals surface area contributed by atoms with E-state index in [0.29, 0.717) is 37.1 Å². The van der Waals surface area contributed by atoms with Crippen molar-refractivity contribution in [3.63, 3.8) is 0 Å². The van der Waals surface area contributed by atoms with Gasteiger partial charge in [0.05, 0.1) is 30.9 Å². The molecule has 1 N–H and O–H groups in total. The molecule has 0 radical (unpaired) electrons. The zero-order chi connectivity index (χ0) is 22.2. The topological polar surface area (TPSA) is 69.7 Å². The van der Waals surface area contributed by atoms with Gasteiger partial charge >= 0.3 is 6.18 Å². The number of amides is 1. The van der Waals surface area contributed by atoms with Crippen molar-refractivity contribution in [2.24, 2.45) is 5.92 Å². The van der Waals surface area contributed by atoms with Crippen LogP contribution < -0.4 is 10.1 Å². The Morgan fingerprint density at radius 1 is 1.29 bits per heavy atom. The number of fused-ring (bicyclic) bond motifs is 1. The van der Waals surface area contributed by atoms with Crippen LogP contribution in [0.15, 0.2) is 18.2 Å². The fourth-order valence-electron chi connectivity index (χ4n) is 4.38. The molecule has 6 nitrogen and oxygen atoms in total. The minimum atomic E-state index is -4.63. The van der Waals surface area contributed by atoms with Crippen molar-refractivity contribution in [1.82, 2.24) is 10.3 Å². The van der Waals surface area contributed by atoms with Crippen LogP contribution in [-0.2, 0) is 15.7 Å². The second-order valence-electron chi connectivity index (χ2n) is 8.05. The van der Waals surface area contributed by atoms with Crippen molar-refractivity contribution in [1.29, 1.82) is 0 Å². The second kappa shape index (κ2) is 8.27. The summed E-state index contributed by atoms with van der Waals surface area (Å²) in [6.07, 6.45) is -2.31. The number of rotatable bonds is 5. The SMILES string of the molecule is CCOc1cc(C(F)(F)F)c2nc(C(=O)NC[C@H]3CCC4(C3)OCCO4)cc(C)c2c1. The first-order valence-electron chi connectivity index (χ1n) is 10.4. The summed E-state index contributed by atoms with van der Waals surface area (Å²) in [4.78, 5) is 16.8. The molecule has 1 saturated carbocycles. The Morgan fingerprint density at radius 3 is 2.71 bits per heavy atom. The molecule has 0 bridgehead atoms. The van der Waals surface area contributed by atoms with Gasteiger partial charge in [-0.2, -0.15) is 13.2 Å². The summed E-state index contributed by atoms with van der Waals surface area (Å²) in [7, 11) is 0. The minimum absolute atomic E-state index is 0.0410. The molecule has 168 valence electrons. The number of ether oxygens (including phenoxy) is 3. The lowest BCUT2D eigenvalue weighted by Gasteiger charge is -2.21. The number of aryl methyl sites for hydroxylation is 1. The van der Waals surface area contributed by atoms with Crippen LogP contribution in [-0.4, -0.2) is 43.0 Å². The first kappa shape index (κ1) is 21.8. The molecule has 4 rings (SSSR count). The standard InChI is InChI=1S/C22H25F3N2O4/c1-3-29-15-9-16-13(2)8-18(27-19(16)17(10-15)22(23,24)25)20(28)26-12-14-4-5-21(11-14)30-6-7-31-21/h8-10,14H,3-7,11-12H2,1-2H3,(H,26,28)/t14-/m0/s1. The smallest absolute Gasteiger partial charge is 0.418 e. The Balaban J connectivity index is 1.56. The van der Waals surface area contributed by atoms with Crippen molar-refractivity contribution in [3.8, 4) is 5.75 Å². The zero-order valence-corrected chi connectivity index (χ0v) is 17.5. The van der Waals surface area contributed by atoms with Gasteiger partial charge in [-0.1, -0.05) is 0 Å². The molecule has 2 heterocycles. The largest absolute Gasteiger partial charge is 0.494 e. The molecule has 1 aromatic heterocycles. The van der Waals surface area contributed by atoms with Crippen LogP contribution in [0.25, 0.3) is 10.9 Å². The van der Waals surface area contributed by atoms with E-state index in [1.165, 1.54) is 12.1 Å². The normalized spacial score (nSPS) is 20.5. The lowest BCUT2D eigenvalue weighted by atomic mass is 10.0. The summed E-state index contributed by atoms with van der Waals surface area (Å²) in [5.74, 6) is -0.729. The Kier molecular flexibility index (Phi) is 5.83. The van der Waals surface area contributed by atoms with Gasteiger partial charge < -0.3 is 19.5 Å². The fourth-order valence-corrected chi connectivity index (χ4v) is 4.38. The fraction of sp³-hybridized carbons (Fsp3) is 0.545. The number of pyridine rings is 1. The van der Waals surface area contributed by atoms with Crippen LogP contribution in [0, 0.1) is 12.8 Å². The summed E-state index contributed by atoms with van der Waals surface area (Å²) in [5.41, 5.74) is -0.691. The van der Waals surface area contributed by atoms with Gasteiger partial charge in [0.15, 0.2) is 5.79 Å². The van der Waals surface area contributed by atoms with Crippen molar-refractivity contribution in [3.05, 3.63) is 35.0 Å². The number of hydrogen-bond acceptors (Lipinski definition) is 5. The van der Waals surface area contributed by atoms with Crippen molar-refractivity contribution in [2.75, 3.05) is 26.4 Å². The maximum atomic E-state index is 13.7. The van der Waals surface area contributed by atoms with E-state index < -0.39 is 23.4 Å². The van der Waals surface area contributed by atoms with Gasteiger partial charge in [-0.05, 0) is 49.9 Å². The predicted octanol–water partition coefficient (Wildman–Crippen LogP) is 4.23. The molecule has 1 spiro atoms. The zero-order valence-electron chi connectivity index (χ0n) is 17.5. The number of halogens is 3. The Morgan fingerprint density at radius 2 is 2.03 bits per heavy atom. The maximum absolute atomic E-state index is 13.7. The van der Waals surface area contributed by atoms with E-state index in [-0.39, 0.29) is 29.5 Å². The van der Waals surface area contributed by atoms with Gasteiger partial charge in [0.2, 0.25) is 0 Å². The van der Waals surface area contributed by atoms with E-state index >= 15 is 0 Å². The monoisotopic (exact) mass is 438 g/mol. The molecule has 0 unspecified atom stereocenters. The van der Waals surface area contributed by atoms with E-state index in [1.807, 2.05) is 0 Å². The van der Waals surface area contributed by atoms with Crippen LogP contribution >= 0.6 is 0 Å². The molecule has 1 aromatic carbocycles. The molecule has 1 amide bonds. The highest BCUT2D eigenvalue weighted by Gasteiger charge is 2.44. The molecule has 2 aromatic rings. The van der Waals surface area contributed by atoms with E-state index in [9.17, 15) is 18.0 Å². The Labute approximate surface area is 178 Å². The molecule has 2 aliphatic rings. The number of carbonyl (C=O) groups is 1. The van der Waals surface area contributed by atoms with Gasteiger partial charge in [0, 0.05) is 24.8 Å². The van der Waals surface area contributed by atoms with Crippen molar-refractivity contribution < 1.29 is 32.2 Å². The number of alkyl halides is 3. The maximum Gasteiger partial charge on any atom is 0.418 e. The third kappa shape index (κ3) is 4.48. The number of benzene rings is 1. The van der Waals surface area contributed by atoms with E-state index in [2.05, 4.69) is 10.3 Å². The third-order valence-electron chi connectivity index (χ3n) is 5.84. The van der Waals surface area contributed by atoms with E-state index in [4.69, 9.17) is 14.2 Å². The highest BCUT2D eigenvalue weighted by atomic mass is 19.4. The van der Waals surface area contributed by atoms with E-state index in [1.54, 1.807) is 13.8 Å². The van der Waals surface area contributed by atoms with Gasteiger partial charge in [0.25, 0.3) is 5.91 Å². The van der Waals surface area contributed by atoms with Crippen molar-refractivity contribution >= 4 is 16.8 Å². The van der Waals surface area contributed by atoms with Gasteiger partial charge in [-0.3, -0.25) is 4.79 Å². The summed E-state index contributed by atoms with van der Waals surface area (Å²) >= 11 is 0. The van der Waals surface area contributed by atoms with Gasteiger partial charge in [0.1, 0.15) is 11.4 Å². The lowest BCUT2D eigenvalue weighted by molar-refractivity contribution is -0.152. The van der Waals surface area contributed by atoms with Crippen LogP contribution in [0.5, 0.6) is 5.75 Å². The number of nitrogens with one attached hydrogen (secondary N) is 1. The molecular weight excluding hydrogens is 413 g/mol. The number of aromatic nitrogens is 1. The predicted molar refractivity (Wildman–Crippen MR) is 107 cm³/mol. The Bertz CT molecular complexity index is 987. The quantitative estimate of drug-likeness (QED) is 0.757. The van der Waals surface area contributed by atoms with Crippen LogP contribution in [0.2, 0.25) is 0 Å². The number of carbonyl (C=O) groups excluding carboxylic acids is 1. The van der Waals surface area contributed by atoms with E-state index in [0.717, 1.165) is 18.9 Å². The first-order valence-corrected chi connectivity index (χ1v) is 10.4. The lowest BCUT2D eigenvalue weighted by Crippen LogP contribution is -2.31. The number of nitrogens with zero attached hydrogens (tertiary/aromatic N) is 1. The van der Waals surface area contributed by atoms with Crippen LogP contribution in [0.1, 0.15) is 47.8 Å². The van der Waals surface area contributed by atoms with Gasteiger partial charge in [-0.25, -0.2) is 4.98 Å². The molecule has 1 saturated heterocycles. The first-order chi connectivity index (χ1) is 14.7. The molecule has 9 heteroatoms. The molecule has 1 aliphatic heterocycles. The number of hydrogen-bond donors (Lipinski definition) is 1. The molecule has 1 aliphatic carbocycles. The highest BCUT2D eigenvalue weighted by molar-refractivity contribution is 5.97. The molecular formula is C22H25F3N2O4. The highest BCUT2D eigenvalue weighted by Crippen LogP contribution is 2.41. The second-order valence-corrected chi connectivity index (χ2v) is 8.05. The molecule has 1 atom stereocenters. The Hall–Kier alpha value is -2.39. The minimum Gasteiger partial charge on any atom is -0.494 e.